The van der Waals surface area contributed by atoms with Crippen molar-refractivity contribution < 1.29 is 9.31 Å². The summed E-state index contributed by atoms with van der Waals surface area (Å²) in [6.07, 6.45) is 0.583. The van der Waals surface area contributed by atoms with Gasteiger partial charge in [0.15, 0.2) is 5.82 Å². The number of benzene rings is 2. The highest BCUT2D eigenvalue weighted by Gasteiger charge is 2.10. The third kappa shape index (κ3) is 3.72. The van der Waals surface area contributed by atoms with Crippen LogP contribution in [0.3, 0.4) is 0 Å². The number of aromatic nitrogens is 3. The molecular weight excluding hydrogens is 313 g/mol. The first-order valence-electron chi connectivity index (χ1n) is 7.27. The number of aromatic amines is 1. The summed E-state index contributed by atoms with van der Waals surface area (Å²) in [4.78, 5) is 14.7. The zero-order valence-corrected chi connectivity index (χ0v) is 12.6. The molecule has 0 aliphatic rings. The van der Waals surface area contributed by atoms with E-state index in [0.29, 0.717) is 30.2 Å². The molecule has 0 spiro atoms. The number of H-pyrrole nitrogens is 1. The normalized spacial score (nSPS) is 10.5. The van der Waals surface area contributed by atoms with E-state index in [-0.39, 0.29) is 11.5 Å². The van der Waals surface area contributed by atoms with Crippen LogP contribution in [-0.4, -0.2) is 26.6 Å². The zero-order valence-electron chi connectivity index (χ0n) is 12.6. The van der Waals surface area contributed by atoms with E-state index >= 15 is 0 Å². The van der Waals surface area contributed by atoms with E-state index in [4.69, 9.17) is 0 Å². The summed E-state index contributed by atoms with van der Waals surface area (Å²) in [5.74, 6) is 0.791. The minimum Gasteiger partial charge on any atom is -0.385 e. The van der Waals surface area contributed by atoms with Gasteiger partial charge >= 0.3 is 0 Å². The lowest BCUT2D eigenvalue weighted by Gasteiger charge is -2.04. The van der Waals surface area contributed by atoms with Crippen LogP contribution < -0.4 is 5.32 Å². The van der Waals surface area contributed by atoms with Gasteiger partial charge in [-0.3, -0.25) is 15.2 Å². The maximum Gasteiger partial charge on any atom is 0.270 e. The van der Waals surface area contributed by atoms with Crippen molar-refractivity contribution in [3.8, 4) is 11.4 Å². The van der Waals surface area contributed by atoms with Gasteiger partial charge in [0.05, 0.1) is 4.92 Å². The molecule has 0 unspecified atom stereocenters. The van der Waals surface area contributed by atoms with Crippen molar-refractivity contribution in [2.75, 3.05) is 11.9 Å². The molecule has 3 aromatic rings. The second kappa shape index (κ2) is 6.86. The largest absolute Gasteiger partial charge is 0.385 e. The van der Waals surface area contributed by atoms with E-state index in [1.54, 1.807) is 24.3 Å². The molecule has 3 rings (SSSR count). The molecule has 24 heavy (non-hydrogen) atoms. The maximum absolute atomic E-state index is 12.8. The molecular formula is C16H14FN5O2. The van der Waals surface area contributed by atoms with Crippen molar-refractivity contribution in [3.63, 3.8) is 0 Å². The highest BCUT2D eigenvalue weighted by Crippen LogP contribution is 2.20. The fourth-order valence-electron chi connectivity index (χ4n) is 2.19. The van der Waals surface area contributed by atoms with Crippen LogP contribution in [0, 0.1) is 15.9 Å². The minimum absolute atomic E-state index is 0.00294. The average Bonchev–Trinajstić information content (AvgIpc) is 3.06. The zero-order chi connectivity index (χ0) is 16.9. The Morgan fingerprint density at radius 1 is 1.21 bits per heavy atom. The monoisotopic (exact) mass is 327 g/mol. The average molecular weight is 327 g/mol. The van der Waals surface area contributed by atoms with Crippen molar-refractivity contribution in [2.24, 2.45) is 0 Å². The smallest absolute Gasteiger partial charge is 0.270 e. The Hall–Kier alpha value is -3.29. The SMILES string of the molecule is O=[N+]([O-])c1cccc(-c2n[nH]c(CCNc3ccc(F)cc3)n2)c1. The molecule has 2 aromatic carbocycles. The lowest BCUT2D eigenvalue weighted by Crippen LogP contribution is -2.05. The quantitative estimate of drug-likeness (QED) is 0.535. The van der Waals surface area contributed by atoms with Crippen LogP contribution in [0.5, 0.6) is 0 Å². The topological polar surface area (TPSA) is 96.7 Å². The van der Waals surface area contributed by atoms with Gasteiger partial charge in [-0.05, 0) is 24.3 Å². The second-order valence-electron chi connectivity index (χ2n) is 5.10. The second-order valence-corrected chi connectivity index (χ2v) is 5.10. The highest BCUT2D eigenvalue weighted by molar-refractivity contribution is 5.58. The fourth-order valence-corrected chi connectivity index (χ4v) is 2.19. The Labute approximate surface area is 136 Å². The number of nitro benzene ring substituents is 1. The Balaban J connectivity index is 1.62. The molecule has 0 radical (unpaired) electrons. The summed E-state index contributed by atoms with van der Waals surface area (Å²) in [5, 5.41) is 20.9. The number of hydrogen-bond donors (Lipinski definition) is 2. The molecule has 0 amide bonds. The van der Waals surface area contributed by atoms with Crippen molar-refractivity contribution in [1.29, 1.82) is 0 Å². The lowest BCUT2D eigenvalue weighted by atomic mass is 10.2. The summed E-state index contributed by atoms with van der Waals surface area (Å²) in [7, 11) is 0. The maximum atomic E-state index is 12.8. The van der Waals surface area contributed by atoms with Gasteiger partial charge in [0.2, 0.25) is 0 Å². The number of non-ortho nitro benzene ring substituents is 1. The number of anilines is 1. The fraction of sp³-hybridized carbons (Fsp3) is 0.125. The van der Waals surface area contributed by atoms with Gasteiger partial charge in [-0.1, -0.05) is 12.1 Å². The molecule has 8 heteroatoms. The van der Waals surface area contributed by atoms with Crippen LogP contribution in [0.2, 0.25) is 0 Å². The van der Waals surface area contributed by atoms with Crippen LogP contribution in [0.25, 0.3) is 11.4 Å². The van der Waals surface area contributed by atoms with E-state index in [1.165, 1.54) is 24.3 Å². The van der Waals surface area contributed by atoms with E-state index in [1.807, 2.05) is 0 Å². The molecule has 1 aromatic heterocycles. The first kappa shape index (κ1) is 15.6. The summed E-state index contributed by atoms with van der Waals surface area (Å²) < 4.78 is 12.8. The predicted octanol–water partition coefficient (Wildman–Crippen LogP) is 3.17. The molecule has 122 valence electrons. The Kier molecular flexibility index (Phi) is 4.46. The van der Waals surface area contributed by atoms with Gasteiger partial charge in [0, 0.05) is 36.3 Å². The molecule has 0 fully saturated rings. The lowest BCUT2D eigenvalue weighted by molar-refractivity contribution is -0.384. The number of nitrogens with one attached hydrogen (secondary N) is 2. The van der Waals surface area contributed by atoms with Crippen LogP contribution in [0.1, 0.15) is 5.82 Å². The summed E-state index contributed by atoms with van der Waals surface area (Å²) in [6, 6.07) is 12.3. The molecule has 7 nitrogen and oxygen atoms in total. The Morgan fingerprint density at radius 2 is 2.00 bits per heavy atom. The van der Waals surface area contributed by atoms with Gasteiger partial charge in [0.25, 0.3) is 5.69 Å². The van der Waals surface area contributed by atoms with Gasteiger partial charge in [0.1, 0.15) is 11.6 Å². The van der Waals surface area contributed by atoms with Crippen LogP contribution >= 0.6 is 0 Å². The van der Waals surface area contributed by atoms with E-state index in [0.717, 1.165) is 5.69 Å². The van der Waals surface area contributed by atoms with E-state index in [2.05, 4.69) is 20.5 Å². The van der Waals surface area contributed by atoms with Gasteiger partial charge < -0.3 is 5.32 Å². The summed E-state index contributed by atoms with van der Waals surface area (Å²) >= 11 is 0. The molecule has 1 heterocycles. The van der Waals surface area contributed by atoms with Gasteiger partial charge in [-0.2, -0.15) is 5.10 Å². The predicted molar refractivity (Wildman–Crippen MR) is 87.1 cm³/mol. The molecule has 0 aliphatic heterocycles. The van der Waals surface area contributed by atoms with Gasteiger partial charge in [-0.25, -0.2) is 9.37 Å². The highest BCUT2D eigenvalue weighted by atomic mass is 19.1. The van der Waals surface area contributed by atoms with E-state index in [9.17, 15) is 14.5 Å². The minimum atomic E-state index is -0.455. The standard InChI is InChI=1S/C16H14FN5O2/c17-12-4-6-13(7-5-12)18-9-8-15-19-16(21-20-15)11-2-1-3-14(10-11)22(23)24/h1-7,10,18H,8-9H2,(H,19,20,21). The number of nitro groups is 1. The van der Waals surface area contributed by atoms with Crippen molar-refractivity contribution in [3.05, 3.63) is 70.3 Å². The number of halogens is 1. The van der Waals surface area contributed by atoms with Crippen molar-refractivity contribution >= 4 is 11.4 Å². The van der Waals surface area contributed by atoms with Crippen molar-refractivity contribution in [2.45, 2.75) is 6.42 Å². The number of nitrogens with zero attached hydrogens (tertiary/aromatic N) is 3. The number of hydrogen-bond acceptors (Lipinski definition) is 5. The van der Waals surface area contributed by atoms with Gasteiger partial charge in [-0.15, -0.1) is 0 Å². The third-order valence-electron chi connectivity index (χ3n) is 3.38. The summed E-state index contributed by atoms with van der Waals surface area (Å²) in [5.41, 5.74) is 1.39. The molecule has 0 saturated carbocycles. The van der Waals surface area contributed by atoms with E-state index < -0.39 is 4.92 Å². The molecule has 2 N–H and O–H groups in total. The van der Waals surface area contributed by atoms with Crippen LogP contribution in [-0.2, 0) is 6.42 Å². The number of rotatable bonds is 6. The summed E-state index contributed by atoms with van der Waals surface area (Å²) in [6.45, 7) is 0.592. The first-order chi connectivity index (χ1) is 11.6. The first-order valence-corrected chi connectivity index (χ1v) is 7.27. The Bertz CT molecular complexity index is 848. The molecule has 0 saturated heterocycles. The molecule has 0 atom stereocenters. The Morgan fingerprint density at radius 3 is 2.75 bits per heavy atom. The van der Waals surface area contributed by atoms with Crippen LogP contribution in [0.15, 0.2) is 48.5 Å². The van der Waals surface area contributed by atoms with Crippen molar-refractivity contribution in [1.82, 2.24) is 15.2 Å². The molecule has 0 aliphatic carbocycles. The molecule has 0 bridgehead atoms. The van der Waals surface area contributed by atoms with Crippen LogP contribution in [0.4, 0.5) is 15.8 Å². The third-order valence-corrected chi connectivity index (χ3v) is 3.38.